The Kier molecular flexibility index (Phi) is 6.35. The third-order valence-corrected chi connectivity index (χ3v) is 6.10. The van der Waals surface area contributed by atoms with Gasteiger partial charge in [-0.1, -0.05) is 29.5 Å². The number of benzene rings is 2. The maximum Gasteiger partial charge on any atom is 0.277 e. The van der Waals surface area contributed by atoms with Gasteiger partial charge in [-0.25, -0.2) is 4.98 Å². The molecule has 30 heavy (non-hydrogen) atoms. The maximum atomic E-state index is 5.78. The van der Waals surface area contributed by atoms with Crippen molar-refractivity contribution in [3.8, 4) is 33.5 Å². The molecule has 154 valence electrons. The number of thioether (sulfide) groups is 1. The fraction of sp³-hybridized carbons (Fsp3) is 0.227. The molecule has 0 spiro atoms. The molecule has 0 bridgehead atoms. The molecule has 0 aliphatic carbocycles. The molecule has 0 saturated carbocycles. The second kappa shape index (κ2) is 9.32. The van der Waals surface area contributed by atoms with E-state index in [4.69, 9.17) is 18.9 Å². The Morgan fingerprint density at radius 2 is 1.83 bits per heavy atom. The Bertz CT molecular complexity index is 1120. The fourth-order valence-corrected chi connectivity index (χ4v) is 4.38. The van der Waals surface area contributed by atoms with Gasteiger partial charge in [0.25, 0.3) is 5.22 Å². The van der Waals surface area contributed by atoms with Crippen LogP contribution in [0.25, 0.3) is 22.0 Å². The van der Waals surface area contributed by atoms with E-state index in [1.54, 1.807) is 18.4 Å². The number of methoxy groups -OCH3 is 1. The lowest BCUT2D eigenvalue weighted by atomic mass is 10.1. The highest BCUT2D eigenvalue weighted by atomic mass is 32.2. The van der Waals surface area contributed by atoms with Gasteiger partial charge in [0, 0.05) is 22.3 Å². The summed E-state index contributed by atoms with van der Waals surface area (Å²) in [4.78, 5) is 4.73. The summed E-state index contributed by atoms with van der Waals surface area (Å²) in [5.74, 6) is 2.62. The lowest BCUT2D eigenvalue weighted by Crippen LogP contribution is -1.95. The first kappa shape index (κ1) is 20.4. The van der Waals surface area contributed by atoms with Crippen molar-refractivity contribution >= 4 is 23.1 Å². The summed E-state index contributed by atoms with van der Waals surface area (Å²) in [6.45, 7) is 4.59. The van der Waals surface area contributed by atoms with Crippen molar-refractivity contribution in [1.29, 1.82) is 0 Å². The molecule has 0 atom stereocenters. The van der Waals surface area contributed by atoms with Crippen molar-refractivity contribution in [3.05, 3.63) is 59.1 Å². The van der Waals surface area contributed by atoms with E-state index in [2.05, 4.69) is 10.2 Å². The van der Waals surface area contributed by atoms with Crippen LogP contribution in [0.5, 0.6) is 11.5 Å². The molecule has 8 heteroatoms. The van der Waals surface area contributed by atoms with E-state index < -0.39 is 0 Å². The number of nitrogens with zero attached hydrogens (tertiary/aromatic N) is 3. The molecule has 0 fully saturated rings. The molecule has 0 unspecified atom stereocenters. The molecule has 4 rings (SSSR count). The van der Waals surface area contributed by atoms with Gasteiger partial charge in [0.2, 0.25) is 5.89 Å². The average molecular weight is 440 g/mol. The van der Waals surface area contributed by atoms with E-state index in [-0.39, 0.29) is 0 Å². The summed E-state index contributed by atoms with van der Waals surface area (Å²) in [5.41, 5.74) is 4.07. The zero-order chi connectivity index (χ0) is 20.9. The zero-order valence-electron chi connectivity index (χ0n) is 16.9. The summed E-state index contributed by atoms with van der Waals surface area (Å²) < 4.78 is 16.8. The minimum Gasteiger partial charge on any atom is -0.493 e. The smallest absolute Gasteiger partial charge is 0.277 e. The molecule has 2 heterocycles. The van der Waals surface area contributed by atoms with Crippen LogP contribution in [0.2, 0.25) is 0 Å². The SMILES string of the molecule is CCOc1ccc(-c2nc(CSc3nnc(-c4ccc(C)cc4)o3)cs2)cc1OC. The second-order valence-electron chi connectivity index (χ2n) is 6.47. The zero-order valence-corrected chi connectivity index (χ0v) is 18.5. The van der Waals surface area contributed by atoms with Crippen LogP contribution in [0.3, 0.4) is 0 Å². The van der Waals surface area contributed by atoms with Gasteiger partial charge in [0.1, 0.15) is 5.01 Å². The van der Waals surface area contributed by atoms with Crippen LogP contribution in [-0.2, 0) is 5.75 Å². The summed E-state index contributed by atoms with van der Waals surface area (Å²) in [6.07, 6.45) is 0. The van der Waals surface area contributed by atoms with Crippen molar-refractivity contribution in [3.63, 3.8) is 0 Å². The fourth-order valence-electron chi connectivity index (χ4n) is 2.80. The topological polar surface area (TPSA) is 70.3 Å². The number of thiazole rings is 1. The number of ether oxygens (including phenoxy) is 2. The van der Waals surface area contributed by atoms with E-state index in [1.165, 1.54) is 17.3 Å². The molecule has 0 amide bonds. The van der Waals surface area contributed by atoms with Crippen molar-refractivity contribution in [2.75, 3.05) is 13.7 Å². The lowest BCUT2D eigenvalue weighted by molar-refractivity contribution is 0.311. The molecular formula is C22H21N3O3S2. The first-order valence-electron chi connectivity index (χ1n) is 9.45. The van der Waals surface area contributed by atoms with E-state index in [0.29, 0.717) is 29.2 Å². The van der Waals surface area contributed by atoms with Gasteiger partial charge in [0.15, 0.2) is 11.5 Å². The monoisotopic (exact) mass is 439 g/mol. The second-order valence-corrected chi connectivity index (χ2v) is 8.26. The molecule has 4 aromatic rings. The van der Waals surface area contributed by atoms with Gasteiger partial charge < -0.3 is 13.9 Å². The van der Waals surface area contributed by atoms with Gasteiger partial charge in [0.05, 0.1) is 19.4 Å². The molecule has 0 saturated heterocycles. The Morgan fingerprint density at radius 3 is 2.60 bits per heavy atom. The molecule has 2 aromatic heterocycles. The van der Waals surface area contributed by atoms with Crippen LogP contribution in [0.15, 0.2) is 57.5 Å². The average Bonchev–Trinajstić information content (AvgIpc) is 3.43. The minimum atomic E-state index is 0.526. The molecular weight excluding hydrogens is 418 g/mol. The Morgan fingerprint density at radius 1 is 1.03 bits per heavy atom. The standard InChI is InChI=1S/C22H21N3O3S2/c1-4-27-18-10-9-16(11-19(18)26-3)21-23-17(12-29-21)13-30-22-25-24-20(28-22)15-7-5-14(2)6-8-15/h5-12H,4,13H2,1-3H3. The van der Waals surface area contributed by atoms with E-state index in [1.807, 2.05) is 61.7 Å². The van der Waals surface area contributed by atoms with Crippen LogP contribution in [0.4, 0.5) is 0 Å². The van der Waals surface area contributed by atoms with Gasteiger partial charge in [-0.3, -0.25) is 0 Å². The minimum absolute atomic E-state index is 0.526. The number of aryl methyl sites for hydroxylation is 1. The van der Waals surface area contributed by atoms with Gasteiger partial charge >= 0.3 is 0 Å². The van der Waals surface area contributed by atoms with E-state index in [9.17, 15) is 0 Å². The maximum absolute atomic E-state index is 5.78. The molecule has 0 radical (unpaired) electrons. The van der Waals surface area contributed by atoms with Crippen molar-refractivity contribution in [2.24, 2.45) is 0 Å². The third kappa shape index (κ3) is 4.66. The van der Waals surface area contributed by atoms with Crippen LogP contribution in [0, 0.1) is 6.92 Å². The predicted molar refractivity (Wildman–Crippen MR) is 119 cm³/mol. The molecule has 2 aromatic carbocycles. The van der Waals surface area contributed by atoms with Crippen molar-refractivity contribution in [1.82, 2.24) is 15.2 Å². The predicted octanol–water partition coefficient (Wildman–Crippen LogP) is 5.87. The third-order valence-electron chi connectivity index (χ3n) is 4.31. The van der Waals surface area contributed by atoms with E-state index >= 15 is 0 Å². The van der Waals surface area contributed by atoms with Gasteiger partial charge in [-0.15, -0.1) is 21.5 Å². The van der Waals surface area contributed by atoms with Gasteiger partial charge in [-0.2, -0.15) is 0 Å². The van der Waals surface area contributed by atoms with Crippen LogP contribution in [-0.4, -0.2) is 28.9 Å². The Balaban J connectivity index is 1.42. The normalized spacial score (nSPS) is 10.9. The Labute approximate surface area is 183 Å². The largest absolute Gasteiger partial charge is 0.493 e. The molecule has 0 N–H and O–H groups in total. The van der Waals surface area contributed by atoms with Crippen molar-refractivity contribution in [2.45, 2.75) is 24.8 Å². The molecule has 6 nitrogen and oxygen atoms in total. The molecule has 0 aliphatic heterocycles. The number of hydrogen-bond donors (Lipinski definition) is 0. The first-order valence-corrected chi connectivity index (χ1v) is 11.3. The summed E-state index contributed by atoms with van der Waals surface area (Å²) in [7, 11) is 1.64. The van der Waals surface area contributed by atoms with Crippen LogP contribution < -0.4 is 9.47 Å². The number of hydrogen-bond acceptors (Lipinski definition) is 8. The van der Waals surface area contributed by atoms with Gasteiger partial charge in [-0.05, 0) is 44.2 Å². The lowest BCUT2D eigenvalue weighted by Gasteiger charge is -2.09. The van der Waals surface area contributed by atoms with Crippen LogP contribution in [0.1, 0.15) is 18.2 Å². The van der Waals surface area contributed by atoms with Crippen molar-refractivity contribution < 1.29 is 13.9 Å². The quantitative estimate of drug-likeness (QED) is 0.318. The first-order chi connectivity index (χ1) is 14.7. The highest BCUT2D eigenvalue weighted by molar-refractivity contribution is 7.98. The Hall–Kier alpha value is -2.84. The summed E-state index contributed by atoms with van der Waals surface area (Å²) in [6, 6.07) is 13.9. The highest BCUT2D eigenvalue weighted by Crippen LogP contribution is 2.34. The summed E-state index contributed by atoms with van der Waals surface area (Å²) >= 11 is 3.07. The summed E-state index contributed by atoms with van der Waals surface area (Å²) in [5, 5.41) is 11.8. The van der Waals surface area contributed by atoms with E-state index in [0.717, 1.165) is 27.6 Å². The van der Waals surface area contributed by atoms with Crippen LogP contribution >= 0.6 is 23.1 Å². The highest BCUT2D eigenvalue weighted by Gasteiger charge is 2.12. The number of rotatable bonds is 8. The molecule has 0 aliphatic rings. The number of aromatic nitrogens is 3.